The fourth-order valence-electron chi connectivity index (χ4n) is 8.08. The highest BCUT2D eigenvalue weighted by molar-refractivity contribution is 6.42. The molecule has 0 aliphatic heterocycles. The van der Waals surface area contributed by atoms with Crippen molar-refractivity contribution in [1.29, 1.82) is 0 Å². The summed E-state index contributed by atoms with van der Waals surface area (Å²) in [4.78, 5) is 10.2. The Bertz CT molecular complexity index is 3060. The van der Waals surface area contributed by atoms with E-state index in [1.165, 1.54) is 38.1 Å². The lowest BCUT2D eigenvalue weighted by Gasteiger charge is -2.16. The SMILES string of the molecule is c1ccc(-n2c3ccccc3c3c4c5ccccc5n(-c5ccccc5)c4c4c(c5cnccc5n5c6ccccc6nc45)c32)cc1. The molecule has 0 unspecified atom stereocenters. The van der Waals surface area contributed by atoms with E-state index in [2.05, 4.69) is 153 Å². The first-order chi connectivity index (χ1) is 23.4. The first-order valence-corrected chi connectivity index (χ1v) is 15.9. The molecule has 0 amide bonds. The number of benzene rings is 6. The van der Waals surface area contributed by atoms with E-state index in [-0.39, 0.29) is 0 Å². The van der Waals surface area contributed by atoms with E-state index in [0.29, 0.717) is 0 Å². The molecule has 0 saturated carbocycles. The van der Waals surface area contributed by atoms with Crippen LogP contribution in [0.5, 0.6) is 0 Å². The van der Waals surface area contributed by atoms with Crippen LogP contribution < -0.4 is 0 Å². The number of hydrogen-bond donors (Lipinski definition) is 0. The minimum Gasteiger partial charge on any atom is -0.309 e. The maximum Gasteiger partial charge on any atom is 0.148 e. The zero-order valence-electron chi connectivity index (χ0n) is 25.2. The van der Waals surface area contributed by atoms with Gasteiger partial charge in [0.05, 0.1) is 44.0 Å². The molecule has 0 atom stereocenters. The molecule has 0 saturated heterocycles. The molecule has 0 fully saturated rings. The summed E-state index contributed by atoms with van der Waals surface area (Å²) in [6.45, 7) is 0. The van der Waals surface area contributed by atoms with Gasteiger partial charge in [0.2, 0.25) is 0 Å². The Morgan fingerprint density at radius 1 is 0.404 bits per heavy atom. The Morgan fingerprint density at radius 3 is 1.55 bits per heavy atom. The van der Waals surface area contributed by atoms with Crippen LogP contribution in [0.2, 0.25) is 0 Å². The Kier molecular flexibility index (Phi) is 4.78. The van der Waals surface area contributed by atoms with Gasteiger partial charge in [-0.1, -0.05) is 84.9 Å². The van der Waals surface area contributed by atoms with E-state index < -0.39 is 0 Å². The molecular weight excluding hydrogens is 574 g/mol. The van der Waals surface area contributed by atoms with Crippen molar-refractivity contribution in [2.45, 2.75) is 0 Å². The van der Waals surface area contributed by atoms with Gasteiger partial charge in [-0.2, -0.15) is 0 Å². The van der Waals surface area contributed by atoms with E-state index in [1.807, 2.05) is 12.4 Å². The fourth-order valence-corrected chi connectivity index (χ4v) is 8.08. The predicted molar refractivity (Wildman–Crippen MR) is 194 cm³/mol. The summed E-state index contributed by atoms with van der Waals surface area (Å²) in [5.41, 5.74) is 11.0. The van der Waals surface area contributed by atoms with Crippen molar-refractivity contribution < 1.29 is 0 Å². The van der Waals surface area contributed by atoms with Crippen LogP contribution in [0.4, 0.5) is 0 Å². The average molecular weight is 600 g/mol. The number of imidazole rings is 1. The minimum absolute atomic E-state index is 0.941. The summed E-state index contributed by atoms with van der Waals surface area (Å²) >= 11 is 0. The Balaban J connectivity index is 1.59. The predicted octanol–water partition coefficient (Wildman–Crippen LogP) is 10.4. The maximum absolute atomic E-state index is 5.43. The molecule has 218 valence electrons. The number of hydrogen-bond acceptors (Lipinski definition) is 2. The van der Waals surface area contributed by atoms with Gasteiger partial charge in [0.15, 0.2) is 0 Å². The zero-order valence-corrected chi connectivity index (χ0v) is 25.2. The number of nitrogens with zero attached hydrogens (tertiary/aromatic N) is 5. The lowest BCUT2D eigenvalue weighted by molar-refractivity contribution is 1.18. The second-order valence-corrected chi connectivity index (χ2v) is 12.2. The second-order valence-electron chi connectivity index (χ2n) is 12.2. The van der Waals surface area contributed by atoms with E-state index in [0.717, 1.165) is 55.2 Å². The molecule has 0 N–H and O–H groups in total. The van der Waals surface area contributed by atoms with E-state index in [9.17, 15) is 0 Å². The van der Waals surface area contributed by atoms with Crippen molar-refractivity contribution >= 4 is 82.0 Å². The summed E-state index contributed by atoms with van der Waals surface area (Å²) in [5.74, 6) is 0. The lowest BCUT2D eigenvalue weighted by Crippen LogP contribution is -2.00. The topological polar surface area (TPSA) is 40.0 Å². The van der Waals surface area contributed by atoms with Crippen molar-refractivity contribution in [1.82, 2.24) is 23.5 Å². The van der Waals surface area contributed by atoms with Crippen LogP contribution in [0.1, 0.15) is 0 Å². The Hall–Kier alpha value is -6.46. The standard InChI is InChI=1S/C42H25N5/c1-3-13-26(14-4-1)45-32-20-10-7-17-28(32)36-37-29-18-8-11-21-33(29)46(27-15-5-2-6-16-27)41(37)39-38(40(36)45)30-25-43-24-23-34(30)47-35-22-12-9-19-31(35)44-42(39)47/h1-25H. The number of para-hydroxylation sites is 6. The van der Waals surface area contributed by atoms with Gasteiger partial charge in [0.1, 0.15) is 5.65 Å². The van der Waals surface area contributed by atoms with Crippen LogP contribution in [0.3, 0.4) is 0 Å². The summed E-state index contributed by atoms with van der Waals surface area (Å²) in [5, 5.41) is 8.27. The van der Waals surface area contributed by atoms with Gasteiger partial charge in [-0.25, -0.2) is 4.98 Å². The Morgan fingerprint density at radius 2 is 0.915 bits per heavy atom. The highest BCUT2D eigenvalue weighted by Crippen LogP contribution is 2.49. The lowest BCUT2D eigenvalue weighted by atomic mass is 9.97. The van der Waals surface area contributed by atoms with Crippen LogP contribution in [-0.2, 0) is 0 Å². The summed E-state index contributed by atoms with van der Waals surface area (Å²) in [6, 6.07) is 49.7. The van der Waals surface area contributed by atoms with E-state index in [4.69, 9.17) is 9.97 Å². The van der Waals surface area contributed by atoms with E-state index >= 15 is 0 Å². The average Bonchev–Trinajstić information content (AvgIpc) is 3.80. The van der Waals surface area contributed by atoms with Crippen LogP contribution in [0, 0.1) is 0 Å². The summed E-state index contributed by atoms with van der Waals surface area (Å²) < 4.78 is 7.23. The van der Waals surface area contributed by atoms with Crippen LogP contribution in [0.25, 0.3) is 93.3 Å². The van der Waals surface area contributed by atoms with Crippen LogP contribution in [-0.4, -0.2) is 23.5 Å². The van der Waals surface area contributed by atoms with Crippen molar-refractivity contribution in [3.05, 3.63) is 152 Å². The molecule has 47 heavy (non-hydrogen) atoms. The highest BCUT2D eigenvalue weighted by Gasteiger charge is 2.28. The van der Waals surface area contributed by atoms with Gasteiger partial charge >= 0.3 is 0 Å². The van der Waals surface area contributed by atoms with Gasteiger partial charge in [0, 0.05) is 56.1 Å². The van der Waals surface area contributed by atoms with Crippen molar-refractivity contribution in [3.63, 3.8) is 0 Å². The Labute approximate surface area is 268 Å². The number of pyridine rings is 2. The normalized spacial score (nSPS) is 12.3. The van der Waals surface area contributed by atoms with E-state index in [1.54, 1.807) is 0 Å². The largest absolute Gasteiger partial charge is 0.309 e. The number of fused-ring (bicyclic) bond motifs is 17. The number of aromatic nitrogens is 5. The molecule has 5 aromatic heterocycles. The summed E-state index contributed by atoms with van der Waals surface area (Å²) in [6.07, 6.45) is 3.94. The van der Waals surface area contributed by atoms with Gasteiger partial charge < -0.3 is 9.13 Å². The molecule has 11 rings (SSSR count). The highest BCUT2D eigenvalue weighted by atomic mass is 15.0. The molecular formula is C42H25N5. The minimum atomic E-state index is 0.941. The molecule has 0 radical (unpaired) electrons. The van der Waals surface area contributed by atoms with Gasteiger partial charge in [-0.15, -0.1) is 0 Å². The molecule has 5 heteroatoms. The third-order valence-corrected chi connectivity index (χ3v) is 9.84. The molecule has 0 aliphatic rings. The zero-order chi connectivity index (χ0) is 30.6. The van der Waals surface area contributed by atoms with Crippen molar-refractivity contribution in [2.75, 3.05) is 0 Å². The smallest absolute Gasteiger partial charge is 0.148 e. The molecule has 5 nitrogen and oxygen atoms in total. The molecule has 6 aromatic carbocycles. The first kappa shape index (κ1) is 24.8. The van der Waals surface area contributed by atoms with Crippen molar-refractivity contribution in [3.8, 4) is 11.4 Å². The van der Waals surface area contributed by atoms with Crippen molar-refractivity contribution in [2.24, 2.45) is 0 Å². The van der Waals surface area contributed by atoms with Crippen LogP contribution in [0.15, 0.2) is 152 Å². The van der Waals surface area contributed by atoms with Gasteiger partial charge in [0.25, 0.3) is 0 Å². The fraction of sp³-hybridized carbons (Fsp3) is 0. The molecule has 5 heterocycles. The van der Waals surface area contributed by atoms with Gasteiger partial charge in [-0.05, 0) is 54.6 Å². The molecule has 11 aromatic rings. The monoisotopic (exact) mass is 599 g/mol. The van der Waals surface area contributed by atoms with Crippen LogP contribution >= 0.6 is 0 Å². The third kappa shape index (κ3) is 3.12. The molecule has 0 aliphatic carbocycles. The maximum atomic E-state index is 5.43. The molecule has 0 bridgehead atoms. The third-order valence-electron chi connectivity index (χ3n) is 9.84. The quantitative estimate of drug-likeness (QED) is 0.186. The first-order valence-electron chi connectivity index (χ1n) is 15.9. The number of rotatable bonds is 2. The second kappa shape index (κ2) is 9.05. The molecule has 0 spiro atoms. The summed E-state index contributed by atoms with van der Waals surface area (Å²) in [7, 11) is 0. The van der Waals surface area contributed by atoms with Gasteiger partial charge in [-0.3, -0.25) is 9.38 Å².